The number of carboxylic acid groups (broad SMARTS) is 1. The minimum Gasteiger partial charge on any atom is -0.475 e. The molecule has 10 nitrogen and oxygen atoms in total. The molecule has 1 fully saturated rings. The van der Waals surface area contributed by atoms with Gasteiger partial charge in [-0.05, 0) is 43.6 Å². The molecule has 0 radical (unpaired) electrons. The van der Waals surface area contributed by atoms with Crippen LogP contribution in [0.1, 0.15) is 59.5 Å². The van der Waals surface area contributed by atoms with Crippen LogP contribution in [-0.4, -0.2) is 65.5 Å². The Hall–Kier alpha value is -3.79. The highest BCUT2D eigenvalue weighted by Gasteiger charge is 2.30. The molecule has 0 saturated carbocycles. The number of hydrogen-bond donors (Lipinski definition) is 2. The smallest absolute Gasteiger partial charge is 0.374 e. The number of fused-ring (bicyclic) bond motifs is 1. The molecule has 1 unspecified atom stereocenters. The summed E-state index contributed by atoms with van der Waals surface area (Å²) in [6.45, 7) is 6.53. The van der Waals surface area contributed by atoms with Crippen molar-refractivity contribution in [1.29, 1.82) is 0 Å². The van der Waals surface area contributed by atoms with E-state index in [0.717, 1.165) is 42.0 Å². The standard InChI is InChI=1S/C24H28N8O2/c1-15(2)19-20(17-9-12-30(3)14-17)29-32-22(19)27-21(23(33)34)28-24(32)25-13-16-7-4-5-8-18(16)31-11-6-10-26-31/h4-8,10-11,15,17H,9,12-14H2,1-3H3,(H,33,34)(H,25,27,28). The lowest BCUT2D eigenvalue weighted by Crippen LogP contribution is -2.15. The van der Waals surface area contributed by atoms with Gasteiger partial charge in [0.15, 0.2) is 5.65 Å². The number of rotatable bonds is 7. The van der Waals surface area contributed by atoms with Crippen molar-refractivity contribution in [3.05, 3.63) is 65.4 Å². The topological polar surface area (TPSA) is 113 Å². The maximum absolute atomic E-state index is 11.9. The van der Waals surface area contributed by atoms with Crippen molar-refractivity contribution in [2.24, 2.45) is 0 Å². The summed E-state index contributed by atoms with van der Waals surface area (Å²) in [6, 6.07) is 9.78. The zero-order valence-corrected chi connectivity index (χ0v) is 19.5. The van der Waals surface area contributed by atoms with Crippen molar-refractivity contribution in [1.82, 2.24) is 34.3 Å². The summed E-state index contributed by atoms with van der Waals surface area (Å²) >= 11 is 0. The highest BCUT2D eigenvalue weighted by molar-refractivity contribution is 5.84. The Kier molecular flexibility index (Phi) is 5.74. The molecule has 3 aromatic heterocycles. The summed E-state index contributed by atoms with van der Waals surface area (Å²) in [4.78, 5) is 22.9. The maximum atomic E-state index is 11.9. The summed E-state index contributed by atoms with van der Waals surface area (Å²) < 4.78 is 3.47. The van der Waals surface area contributed by atoms with Gasteiger partial charge in [-0.15, -0.1) is 0 Å². The van der Waals surface area contributed by atoms with E-state index in [1.807, 2.05) is 36.5 Å². The van der Waals surface area contributed by atoms with Crippen LogP contribution >= 0.6 is 0 Å². The van der Waals surface area contributed by atoms with Gasteiger partial charge in [-0.25, -0.2) is 14.5 Å². The molecule has 1 atom stereocenters. The average molecular weight is 461 g/mol. The SMILES string of the molecule is CC(C)c1c(C2CCN(C)C2)nn2c(NCc3ccccc3-n3cccn3)nc(C(=O)O)nc12. The second kappa shape index (κ2) is 8.86. The Morgan fingerprint density at radius 2 is 2.06 bits per heavy atom. The Morgan fingerprint density at radius 1 is 1.24 bits per heavy atom. The van der Waals surface area contributed by atoms with Crippen LogP contribution in [0.2, 0.25) is 0 Å². The Labute approximate surface area is 197 Å². The molecule has 0 bridgehead atoms. The van der Waals surface area contributed by atoms with E-state index in [-0.39, 0.29) is 17.7 Å². The van der Waals surface area contributed by atoms with E-state index in [2.05, 4.69) is 46.2 Å². The van der Waals surface area contributed by atoms with Crippen LogP contribution < -0.4 is 5.32 Å². The number of likely N-dealkylation sites (tertiary alicyclic amines) is 1. The molecule has 4 aromatic rings. The van der Waals surface area contributed by atoms with Gasteiger partial charge < -0.3 is 15.3 Å². The van der Waals surface area contributed by atoms with Gasteiger partial charge in [0.2, 0.25) is 11.8 Å². The molecule has 1 saturated heterocycles. The molecule has 10 heteroatoms. The second-order valence-corrected chi connectivity index (χ2v) is 9.05. The van der Waals surface area contributed by atoms with Crippen LogP contribution in [0, 0.1) is 0 Å². The fraction of sp³-hybridized carbons (Fsp3) is 0.375. The first-order chi connectivity index (χ1) is 16.4. The number of nitrogens with one attached hydrogen (secondary N) is 1. The van der Waals surface area contributed by atoms with Crippen LogP contribution in [0.4, 0.5) is 5.95 Å². The number of hydrogen-bond acceptors (Lipinski definition) is 7. The zero-order chi connectivity index (χ0) is 23.8. The van der Waals surface area contributed by atoms with Crippen molar-refractivity contribution in [2.45, 2.75) is 38.6 Å². The van der Waals surface area contributed by atoms with Crippen LogP contribution in [0.25, 0.3) is 11.3 Å². The van der Waals surface area contributed by atoms with E-state index in [1.54, 1.807) is 15.4 Å². The Bertz CT molecular complexity index is 1330. The predicted octanol–water partition coefficient (Wildman–Crippen LogP) is 3.16. The molecule has 4 heterocycles. The van der Waals surface area contributed by atoms with Crippen LogP contribution in [0.5, 0.6) is 0 Å². The normalized spacial score (nSPS) is 16.5. The molecule has 0 spiro atoms. The van der Waals surface area contributed by atoms with Crippen LogP contribution in [-0.2, 0) is 6.54 Å². The van der Waals surface area contributed by atoms with Gasteiger partial charge in [0, 0.05) is 37.0 Å². The number of carbonyl (C=O) groups is 1. The molecule has 34 heavy (non-hydrogen) atoms. The number of likely N-dealkylation sites (N-methyl/N-ethyl adjacent to an activating group) is 1. The monoisotopic (exact) mass is 460 g/mol. The van der Waals surface area contributed by atoms with Gasteiger partial charge in [-0.1, -0.05) is 32.0 Å². The third-order valence-corrected chi connectivity index (χ3v) is 6.28. The van der Waals surface area contributed by atoms with E-state index in [0.29, 0.717) is 18.1 Å². The quantitative estimate of drug-likeness (QED) is 0.432. The van der Waals surface area contributed by atoms with Gasteiger partial charge in [0.25, 0.3) is 0 Å². The summed E-state index contributed by atoms with van der Waals surface area (Å²) in [6.07, 6.45) is 4.63. The molecule has 1 aliphatic rings. The molecule has 0 amide bonds. The highest BCUT2D eigenvalue weighted by Crippen LogP contribution is 2.34. The van der Waals surface area contributed by atoms with E-state index < -0.39 is 5.97 Å². The molecule has 176 valence electrons. The summed E-state index contributed by atoms with van der Waals surface area (Å²) in [7, 11) is 2.11. The lowest BCUT2D eigenvalue weighted by atomic mass is 9.94. The van der Waals surface area contributed by atoms with Crippen molar-refractivity contribution >= 4 is 17.6 Å². The van der Waals surface area contributed by atoms with Crippen molar-refractivity contribution < 1.29 is 9.90 Å². The zero-order valence-electron chi connectivity index (χ0n) is 19.5. The average Bonchev–Trinajstić information content (AvgIpc) is 3.56. The van der Waals surface area contributed by atoms with E-state index in [1.165, 1.54) is 0 Å². The van der Waals surface area contributed by atoms with Gasteiger partial charge in [0.1, 0.15) is 0 Å². The third-order valence-electron chi connectivity index (χ3n) is 6.28. The van der Waals surface area contributed by atoms with Crippen LogP contribution in [0.3, 0.4) is 0 Å². The second-order valence-electron chi connectivity index (χ2n) is 9.05. The van der Waals surface area contributed by atoms with Gasteiger partial charge in [-0.2, -0.15) is 19.7 Å². The first-order valence-electron chi connectivity index (χ1n) is 11.5. The van der Waals surface area contributed by atoms with E-state index in [9.17, 15) is 9.90 Å². The van der Waals surface area contributed by atoms with Gasteiger partial charge in [-0.3, -0.25) is 0 Å². The highest BCUT2D eigenvalue weighted by atomic mass is 16.4. The molecule has 1 aromatic carbocycles. The first-order valence-corrected chi connectivity index (χ1v) is 11.5. The molecule has 5 rings (SSSR count). The predicted molar refractivity (Wildman–Crippen MR) is 128 cm³/mol. The van der Waals surface area contributed by atoms with Gasteiger partial charge >= 0.3 is 5.97 Å². The number of aromatic carboxylic acids is 1. The summed E-state index contributed by atoms with van der Waals surface area (Å²) in [5, 5.41) is 22.3. The fourth-order valence-corrected chi connectivity index (χ4v) is 4.66. The minimum absolute atomic E-state index is 0.142. The largest absolute Gasteiger partial charge is 0.475 e. The van der Waals surface area contributed by atoms with Crippen molar-refractivity contribution in [3.8, 4) is 5.69 Å². The Morgan fingerprint density at radius 3 is 2.74 bits per heavy atom. The lowest BCUT2D eigenvalue weighted by molar-refractivity contribution is 0.0683. The molecule has 0 aliphatic carbocycles. The molecule has 1 aliphatic heterocycles. The number of para-hydroxylation sites is 1. The molecule has 2 N–H and O–H groups in total. The lowest BCUT2D eigenvalue weighted by Gasteiger charge is -2.12. The molecular formula is C24H28N8O2. The first kappa shape index (κ1) is 22.0. The number of carboxylic acids is 1. The fourth-order valence-electron chi connectivity index (χ4n) is 4.66. The van der Waals surface area contributed by atoms with E-state index >= 15 is 0 Å². The van der Waals surface area contributed by atoms with E-state index in [4.69, 9.17) is 5.10 Å². The Balaban J connectivity index is 1.58. The molecular weight excluding hydrogens is 432 g/mol. The number of nitrogens with zero attached hydrogens (tertiary/aromatic N) is 7. The number of anilines is 1. The summed E-state index contributed by atoms with van der Waals surface area (Å²) in [5.74, 6) is -0.626. The minimum atomic E-state index is -1.17. The van der Waals surface area contributed by atoms with Crippen LogP contribution in [0.15, 0.2) is 42.7 Å². The van der Waals surface area contributed by atoms with Gasteiger partial charge in [0.05, 0.1) is 11.4 Å². The third kappa shape index (κ3) is 4.01. The van der Waals surface area contributed by atoms with Crippen molar-refractivity contribution in [3.63, 3.8) is 0 Å². The van der Waals surface area contributed by atoms with Crippen molar-refractivity contribution in [2.75, 3.05) is 25.5 Å². The summed E-state index contributed by atoms with van der Waals surface area (Å²) in [5.41, 5.74) is 4.45. The number of aromatic nitrogens is 6. The number of benzene rings is 1. The maximum Gasteiger partial charge on any atom is 0.374 e.